The molecule has 0 saturated carbocycles. The lowest BCUT2D eigenvalue weighted by Crippen LogP contribution is -2.37. The highest BCUT2D eigenvalue weighted by Crippen LogP contribution is 2.19. The summed E-state index contributed by atoms with van der Waals surface area (Å²) in [6, 6.07) is -0.334. The monoisotopic (exact) mass is 234 g/mol. The first-order valence-electron chi connectivity index (χ1n) is 4.28. The molecule has 1 aromatic rings. The predicted molar refractivity (Wildman–Crippen MR) is 50.4 cm³/mol. The van der Waals surface area contributed by atoms with E-state index in [-0.39, 0.29) is 6.54 Å². The highest BCUT2D eigenvalue weighted by atomic mass is 19.1. The Bertz CT molecular complexity index is 389. The SMILES string of the molecule is NC(CNc1c(F)cc(F)cc1F)C(=O)O. The second-order valence-electron chi connectivity index (χ2n) is 3.07. The van der Waals surface area contributed by atoms with Gasteiger partial charge in [0, 0.05) is 18.7 Å². The average Bonchev–Trinajstić information content (AvgIpc) is 2.15. The van der Waals surface area contributed by atoms with Gasteiger partial charge < -0.3 is 16.2 Å². The Morgan fingerprint density at radius 3 is 2.31 bits per heavy atom. The lowest BCUT2D eigenvalue weighted by atomic mass is 10.2. The van der Waals surface area contributed by atoms with Gasteiger partial charge in [0.25, 0.3) is 0 Å². The van der Waals surface area contributed by atoms with Gasteiger partial charge >= 0.3 is 5.97 Å². The van der Waals surface area contributed by atoms with Gasteiger partial charge in [0.1, 0.15) is 17.5 Å². The molecule has 0 aliphatic rings. The topological polar surface area (TPSA) is 75.3 Å². The van der Waals surface area contributed by atoms with Gasteiger partial charge in [-0.05, 0) is 0 Å². The third-order valence-corrected chi connectivity index (χ3v) is 1.82. The second kappa shape index (κ2) is 4.84. The average molecular weight is 234 g/mol. The summed E-state index contributed by atoms with van der Waals surface area (Å²) in [6.45, 7) is -0.366. The molecule has 1 aromatic carbocycles. The van der Waals surface area contributed by atoms with Crippen LogP contribution in [0.4, 0.5) is 18.9 Å². The van der Waals surface area contributed by atoms with E-state index in [1.54, 1.807) is 0 Å². The zero-order chi connectivity index (χ0) is 12.3. The van der Waals surface area contributed by atoms with Crippen LogP contribution in [0.1, 0.15) is 0 Å². The first-order valence-corrected chi connectivity index (χ1v) is 4.28. The van der Waals surface area contributed by atoms with Gasteiger partial charge in [-0.1, -0.05) is 0 Å². The van der Waals surface area contributed by atoms with E-state index < -0.39 is 35.2 Å². The fourth-order valence-corrected chi connectivity index (χ4v) is 1.01. The maximum atomic E-state index is 13.0. The molecule has 1 atom stereocenters. The van der Waals surface area contributed by atoms with Gasteiger partial charge in [-0.2, -0.15) is 0 Å². The number of carbonyl (C=O) groups is 1. The fraction of sp³-hybridized carbons (Fsp3) is 0.222. The molecule has 16 heavy (non-hydrogen) atoms. The normalized spacial score (nSPS) is 12.2. The van der Waals surface area contributed by atoms with Crippen molar-refractivity contribution in [3.05, 3.63) is 29.6 Å². The summed E-state index contributed by atoms with van der Waals surface area (Å²) in [5.41, 5.74) is 4.51. The molecule has 0 saturated heterocycles. The molecule has 1 rings (SSSR count). The standard InChI is InChI=1S/C9H9F3N2O2/c10-4-1-5(11)8(6(12)2-4)14-3-7(13)9(15)16/h1-2,7,14H,3,13H2,(H,15,16). The van der Waals surface area contributed by atoms with Crippen molar-refractivity contribution in [2.75, 3.05) is 11.9 Å². The van der Waals surface area contributed by atoms with Gasteiger partial charge in [0.2, 0.25) is 0 Å². The molecular formula is C9H9F3N2O2. The number of carboxylic acid groups (broad SMARTS) is 1. The van der Waals surface area contributed by atoms with Crippen LogP contribution in [-0.2, 0) is 4.79 Å². The summed E-state index contributed by atoms with van der Waals surface area (Å²) in [4.78, 5) is 10.3. The number of hydrogen-bond acceptors (Lipinski definition) is 3. The first-order chi connectivity index (χ1) is 7.41. The van der Waals surface area contributed by atoms with Crippen LogP contribution >= 0.6 is 0 Å². The highest BCUT2D eigenvalue weighted by molar-refractivity contribution is 5.74. The van der Waals surface area contributed by atoms with E-state index >= 15 is 0 Å². The van der Waals surface area contributed by atoms with E-state index in [0.717, 1.165) is 0 Å². The zero-order valence-electron chi connectivity index (χ0n) is 8.01. The van der Waals surface area contributed by atoms with Crippen molar-refractivity contribution < 1.29 is 23.1 Å². The van der Waals surface area contributed by atoms with Gasteiger partial charge in [-0.25, -0.2) is 13.2 Å². The van der Waals surface area contributed by atoms with Crippen molar-refractivity contribution in [2.45, 2.75) is 6.04 Å². The number of nitrogens with two attached hydrogens (primary N) is 1. The van der Waals surface area contributed by atoms with Crippen LogP contribution in [0, 0.1) is 17.5 Å². The van der Waals surface area contributed by atoms with Crippen LogP contribution in [0.15, 0.2) is 12.1 Å². The second-order valence-corrected chi connectivity index (χ2v) is 3.07. The Morgan fingerprint density at radius 2 is 1.88 bits per heavy atom. The molecule has 0 aromatic heterocycles. The molecule has 0 aliphatic carbocycles. The smallest absolute Gasteiger partial charge is 0.322 e. The largest absolute Gasteiger partial charge is 0.480 e. The first kappa shape index (κ1) is 12.3. The molecule has 0 radical (unpaired) electrons. The molecule has 88 valence electrons. The van der Waals surface area contributed by atoms with Crippen molar-refractivity contribution >= 4 is 11.7 Å². The van der Waals surface area contributed by atoms with Gasteiger partial charge in [0.15, 0.2) is 11.6 Å². The number of carboxylic acids is 1. The highest BCUT2D eigenvalue weighted by Gasteiger charge is 2.15. The van der Waals surface area contributed by atoms with Crippen molar-refractivity contribution in [2.24, 2.45) is 5.73 Å². The van der Waals surface area contributed by atoms with Crippen LogP contribution in [0.5, 0.6) is 0 Å². The maximum absolute atomic E-state index is 13.0. The quantitative estimate of drug-likeness (QED) is 0.724. The third-order valence-electron chi connectivity index (χ3n) is 1.82. The molecule has 1 unspecified atom stereocenters. The van der Waals surface area contributed by atoms with Crippen molar-refractivity contribution in [1.82, 2.24) is 0 Å². The zero-order valence-corrected chi connectivity index (χ0v) is 8.01. The summed E-state index contributed by atoms with van der Waals surface area (Å²) in [5, 5.41) is 10.6. The number of nitrogens with one attached hydrogen (secondary N) is 1. The molecular weight excluding hydrogens is 225 g/mol. The summed E-state index contributed by atoms with van der Waals surface area (Å²) in [6.07, 6.45) is 0. The number of halogens is 3. The van der Waals surface area contributed by atoms with Crippen molar-refractivity contribution in [1.29, 1.82) is 0 Å². The maximum Gasteiger partial charge on any atom is 0.322 e. The molecule has 4 nitrogen and oxygen atoms in total. The van der Waals surface area contributed by atoms with Crippen LogP contribution in [0.3, 0.4) is 0 Å². The molecule has 0 bridgehead atoms. The van der Waals surface area contributed by atoms with Gasteiger partial charge in [0.05, 0.1) is 0 Å². The Kier molecular flexibility index (Phi) is 3.73. The van der Waals surface area contributed by atoms with Crippen LogP contribution in [-0.4, -0.2) is 23.7 Å². The van der Waals surface area contributed by atoms with Gasteiger partial charge in [-0.3, -0.25) is 4.79 Å². The van der Waals surface area contributed by atoms with Crippen LogP contribution in [0.2, 0.25) is 0 Å². The Balaban J connectivity index is 2.78. The van der Waals surface area contributed by atoms with Crippen molar-refractivity contribution in [3.63, 3.8) is 0 Å². The fourth-order valence-electron chi connectivity index (χ4n) is 1.01. The Morgan fingerprint density at radius 1 is 1.38 bits per heavy atom. The lowest BCUT2D eigenvalue weighted by molar-refractivity contribution is -0.138. The van der Waals surface area contributed by atoms with Crippen LogP contribution in [0.25, 0.3) is 0 Å². The minimum absolute atomic E-state index is 0.366. The number of rotatable bonds is 4. The minimum atomic E-state index is -1.31. The summed E-state index contributed by atoms with van der Waals surface area (Å²) >= 11 is 0. The molecule has 0 heterocycles. The number of hydrogen-bond donors (Lipinski definition) is 3. The van der Waals surface area contributed by atoms with E-state index in [0.29, 0.717) is 12.1 Å². The van der Waals surface area contributed by atoms with E-state index in [4.69, 9.17) is 10.8 Å². The van der Waals surface area contributed by atoms with E-state index in [2.05, 4.69) is 5.32 Å². The number of benzene rings is 1. The summed E-state index contributed by atoms with van der Waals surface area (Å²) in [7, 11) is 0. The van der Waals surface area contributed by atoms with Gasteiger partial charge in [-0.15, -0.1) is 0 Å². The Hall–Kier alpha value is -1.76. The Labute approximate surface area is 88.9 Å². The number of aliphatic carboxylic acids is 1. The molecule has 4 N–H and O–H groups in total. The van der Waals surface area contributed by atoms with E-state index in [9.17, 15) is 18.0 Å². The third kappa shape index (κ3) is 2.86. The van der Waals surface area contributed by atoms with Crippen LogP contribution < -0.4 is 11.1 Å². The molecule has 7 heteroatoms. The molecule has 0 spiro atoms. The minimum Gasteiger partial charge on any atom is -0.480 e. The molecule has 0 amide bonds. The summed E-state index contributed by atoms with van der Waals surface area (Å²) in [5.74, 6) is -4.65. The van der Waals surface area contributed by atoms with E-state index in [1.807, 2.05) is 0 Å². The molecule has 0 fully saturated rings. The van der Waals surface area contributed by atoms with E-state index in [1.165, 1.54) is 0 Å². The lowest BCUT2D eigenvalue weighted by Gasteiger charge is -2.11. The molecule has 0 aliphatic heterocycles. The summed E-state index contributed by atoms with van der Waals surface area (Å²) < 4.78 is 38.6. The number of anilines is 1. The van der Waals surface area contributed by atoms with Crippen molar-refractivity contribution in [3.8, 4) is 0 Å². The predicted octanol–water partition coefficient (Wildman–Crippen LogP) is 0.928.